The van der Waals surface area contributed by atoms with E-state index in [2.05, 4.69) is 14.9 Å². The first-order valence-corrected chi connectivity index (χ1v) is 7.45. The third-order valence-corrected chi connectivity index (χ3v) is 3.94. The molecule has 0 bridgehead atoms. The van der Waals surface area contributed by atoms with Crippen LogP contribution in [0, 0.1) is 5.92 Å². The average molecular weight is 300 g/mol. The van der Waals surface area contributed by atoms with Crippen LogP contribution < -0.4 is 15.4 Å². The van der Waals surface area contributed by atoms with E-state index in [9.17, 15) is 5.11 Å². The quantitative estimate of drug-likeness (QED) is 0.841. The lowest BCUT2D eigenvalue weighted by Gasteiger charge is -2.32. The maximum absolute atomic E-state index is 9.24. The average Bonchev–Trinajstić information content (AvgIpc) is 2.58. The fraction of sp³-hybridized carbons (Fsp3) is 0.375. The molecule has 0 saturated carbocycles. The first kappa shape index (κ1) is 14.6. The molecule has 2 aromatic rings. The summed E-state index contributed by atoms with van der Waals surface area (Å²) < 4.78 is 5.90. The van der Waals surface area contributed by atoms with Crippen LogP contribution in [-0.2, 0) is 0 Å². The normalized spacial score (nSPS) is 15.8. The van der Waals surface area contributed by atoms with E-state index in [1.54, 1.807) is 18.3 Å². The van der Waals surface area contributed by atoms with Crippen molar-refractivity contribution in [3.05, 3.63) is 36.8 Å². The molecule has 2 heterocycles. The van der Waals surface area contributed by atoms with Crippen LogP contribution in [0.1, 0.15) is 12.8 Å². The number of piperidine rings is 1. The molecule has 0 radical (unpaired) electrons. The molecule has 0 aliphatic carbocycles. The van der Waals surface area contributed by atoms with E-state index in [-0.39, 0.29) is 6.61 Å². The van der Waals surface area contributed by atoms with Crippen LogP contribution in [0.25, 0.3) is 0 Å². The van der Waals surface area contributed by atoms with Gasteiger partial charge in [0.1, 0.15) is 12.1 Å². The van der Waals surface area contributed by atoms with Gasteiger partial charge >= 0.3 is 0 Å². The van der Waals surface area contributed by atoms with Crippen LogP contribution in [0.15, 0.2) is 36.8 Å². The molecule has 22 heavy (non-hydrogen) atoms. The van der Waals surface area contributed by atoms with E-state index < -0.39 is 0 Å². The number of ether oxygens (including phenoxy) is 1. The molecule has 6 heteroatoms. The minimum Gasteiger partial charge on any atom is -0.452 e. The Morgan fingerprint density at radius 2 is 1.95 bits per heavy atom. The predicted octanol–water partition coefficient (Wildman–Crippen LogP) is 2.06. The number of aliphatic hydroxyl groups is 1. The number of aromatic nitrogens is 2. The summed E-state index contributed by atoms with van der Waals surface area (Å²) in [5, 5.41) is 9.24. The molecule has 116 valence electrons. The predicted molar refractivity (Wildman–Crippen MR) is 85.0 cm³/mol. The van der Waals surface area contributed by atoms with Crippen molar-refractivity contribution in [1.29, 1.82) is 0 Å². The van der Waals surface area contributed by atoms with Crippen molar-refractivity contribution in [2.75, 3.05) is 30.3 Å². The number of anilines is 2. The summed E-state index contributed by atoms with van der Waals surface area (Å²) in [6.07, 6.45) is 5.13. The van der Waals surface area contributed by atoms with Crippen molar-refractivity contribution in [2.24, 2.45) is 5.92 Å². The first-order valence-electron chi connectivity index (χ1n) is 7.45. The Morgan fingerprint density at radius 1 is 1.23 bits per heavy atom. The highest BCUT2D eigenvalue weighted by Gasteiger charge is 2.22. The SMILES string of the molecule is Nc1ccc(Oc2cncnc2N2CCC(CO)CC2)cc1. The summed E-state index contributed by atoms with van der Waals surface area (Å²) in [7, 11) is 0. The number of benzene rings is 1. The van der Waals surface area contributed by atoms with E-state index >= 15 is 0 Å². The third kappa shape index (κ3) is 3.28. The molecule has 1 saturated heterocycles. The zero-order valence-corrected chi connectivity index (χ0v) is 12.4. The maximum Gasteiger partial charge on any atom is 0.188 e. The van der Waals surface area contributed by atoms with Crippen LogP contribution in [0.5, 0.6) is 11.5 Å². The number of nitrogens with two attached hydrogens (primary N) is 1. The Balaban J connectivity index is 1.77. The molecule has 1 aliphatic heterocycles. The second-order valence-corrected chi connectivity index (χ2v) is 5.49. The minimum absolute atomic E-state index is 0.256. The third-order valence-electron chi connectivity index (χ3n) is 3.94. The van der Waals surface area contributed by atoms with Gasteiger partial charge in [-0.2, -0.15) is 0 Å². The zero-order chi connectivity index (χ0) is 15.4. The second kappa shape index (κ2) is 6.62. The number of hydrogen-bond donors (Lipinski definition) is 2. The maximum atomic E-state index is 9.24. The summed E-state index contributed by atoms with van der Waals surface area (Å²) in [6, 6.07) is 7.24. The van der Waals surface area contributed by atoms with Gasteiger partial charge in [0, 0.05) is 25.4 Å². The van der Waals surface area contributed by atoms with Gasteiger partial charge in [0.05, 0.1) is 6.20 Å². The van der Waals surface area contributed by atoms with Crippen LogP contribution in [0.4, 0.5) is 11.5 Å². The van der Waals surface area contributed by atoms with Crippen molar-refractivity contribution in [3.63, 3.8) is 0 Å². The minimum atomic E-state index is 0.256. The van der Waals surface area contributed by atoms with Gasteiger partial charge in [-0.25, -0.2) is 9.97 Å². The van der Waals surface area contributed by atoms with Crippen molar-refractivity contribution in [2.45, 2.75) is 12.8 Å². The molecular formula is C16H20N4O2. The molecule has 0 spiro atoms. The number of hydrogen-bond acceptors (Lipinski definition) is 6. The van der Waals surface area contributed by atoms with E-state index in [0.717, 1.165) is 31.7 Å². The number of nitrogen functional groups attached to an aromatic ring is 1. The molecule has 6 nitrogen and oxygen atoms in total. The molecule has 1 fully saturated rings. The van der Waals surface area contributed by atoms with Gasteiger partial charge in [0.25, 0.3) is 0 Å². The van der Waals surface area contributed by atoms with Gasteiger partial charge in [-0.05, 0) is 43.0 Å². The molecule has 1 aromatic carbocycles. The number of nitrogens with zero attached hydrogens (tertiary/aromatic N) is 3. The number of aliphatic hydroxyl groups excluding tert-OH is 1. The molecular weight excluding hydrogens is 280 g/mol. The fourth-order valence-corrected chi connectivity index (χ4v) is 2.61. The first-order chi connectivity index (χ1) is 10.8. The summed E-state index contributed by atoms with van der Waals surface area (Å²) >= 11 is 0. The van der Waals surface area contributed by atoms with Gasteiger partial charge < -0.3 is 20.5 Å². The van der Waals surface area contributed by atoms with Crippen LogP contribution in [0.3, 0.4) is 0 Å². The van der Waals surface area contributed by atoms with Crippen LogP contribution >= 0.6 is 0 Å². The molecule has 0 atom stereocenters. The van der Waals surface area contributed by atoms with Gasteiger partial charge in [0.15, 0.2) is 11.6 Å². The summed E-state index contributed by atoms with van der Waals surface area (Å²) in [5.74, 6) is 2.52. The van der Waals surface area contributed by atoms with Gasteiger partial charge in [-0.1, -0.05) is 0 Å². The van der Waals surface area contributed by atoms with E-state index in [1.807, 2.05) is 12.1 Å². The molecule has 1 aromatic heterocycles. The zero-order valence-electron chi connectivity index (χ0n) is 12.4. The van der Waals surface area contributed by atoms with E-state index in [0.29, 0.717) is 23.1 Å². The topological polar surface area (TPSA) is 84.5 Å². The molecule has 1 aliphatic rings. The molecule has 3 rings (SSSR count). The van der Waals surface area contributed by atoms with Crippen molar-refractivity contribution < 1.29 is 9.84 Å². The second-order valence-electron chi connectivity index (χ2n) is 5.49. The Bertz CT molecular complexity index is 610. The van der Waals surface area contributed by atoms with Crippen molar-refractivity contribution in [1.82, 2.24) is 9.97 Å². The lowest BCUT2D eigenvalue weighted by molar-refractivity contribution is 0.202. The summed E-state index contributed by atoms with van der Waals surface area (Å²) in [4.78, 5) is 10.6. The van der Waals surface area contributed by atoms with Crippen molar-refractivity contribution in [3.8, 4) is 11.5 Å². The lowest BCUT2D eigenvalue weighted by Crippen LogP contribution is -2.35. The standard InChI is InChI=1S/C16H20N4O2/c17-13-1-3-14(4-2-13)22-15-9-18-11-19-16(15)20-7-5-12(10-21)6-8-20/h1-4,9,11-12,21H,5-8,10,17H2. The highest BCUT2D eigenvalue weighted by Crippen LogP contribution is 2.32. The van der Waals surface area contributed by atoms with E-state index in [4.69, 9.17) is 10.5 Å². The van der Waals surface area contributed by atoms with E-state index in [1.165, 1.54) is 6.33 Å². The summed E-state index contributed by atoms with van der Waals surface area (Å²) in [6.45, 7) is 1.98. The van der Waals surface area contributed by atoms with Gasteiger partial charge in [-0.3, -0.25) is 0 Å². The highest BCUT2D eigenvalue weighted by atomic mass is 16.5. The summed E-state index contributed by atoms with van der Waals surface area (Å²) in [5.41, 5.74) is 6.38. The Hall–Kier alpha value is -2.34. The lowest BCUT2D eigenvalue weighted by atomic mass is 9.98. The Kier molecular flexibility index (Phi) is 4.39. The monoisotopic (exact) mass is 300 g/mol. The number of rotatable bonds is 4. The largest absolute Gasteiger partial charge is 0.452 e. The molecule has 0 unspecified atom stereocenters. The van der Waals surface area contributed by atoms with Crippen LogP contribution in [0.2, 0.25) is 0 Å². The molecule has 3 N–H and O–H groups in total. The smallest absolute Gasteiger partial charge is 0.188 e. The highest BCUT2D eigenvalue weighted by molar-refractivity contribution is 5.53. The molecule has 0 amide bonds. The van der Waals surface area contributed by atoms with Crippen LogP contribution in [-0.4, -0.2) is 34.8 Å². The fourth-order valence-electron chi connectivity index (χ4n) is 2.61. The van der Waals surface area contributed by atoms with Gasteiger partial charge in [0.2, 0.25) is 0 Å². The van der Waals surface area contributed by atoms with Crippen molar-refractivity contribution >= 4 is 11.5 Å². The van der Waals surface area contributed by atoms with Gasteiger partial charge in [-0.15, -0.1) is 0 Å². The Morgan fingerprint density at radius 3 is 2.64 bits per heavy atom. The Labute approximate surface area is 129 Å².